The van der Waals surface area contributed by atoms with Gasteiger partial charge in [-0.3, -0.25) is 0 Å². The summed E-state index contributed by atoms with van der Waals surface area (Å²) in [7, 11) is 3.69. The summed E-state index contributed by atoms with van der Waals surface area (Å²) in [6.07, 6.45) is 1.32. The van der Waals surface area contributed by atoms with Gasteiger partial charge in [0, 0.05) is 23.1 Å². The van der Waals surface area contributed by atoms with E-state index in [4.69, 9.17) is 9.47 Å². The second-order valence-corrected chi connectivity index (χ2v) is 5.19. The highest BCUT2D eigenvalue weighted by Crippen LogP contribution is 2.28. The monoisotopic (exact) mass is 333 g/mol. The van der Waals surface area contributed by atoms with Gasteiger partial charge in [0.15, 0.2) is 0 Å². The first kappa shape index (κ1) is 12.1. The third-order valence-corrected chi connectivity index (χ3v) is 3.65. The van der Waals surface area contributed by atoms with Crippen LogP contribution in [0.4, 0.5) is 0 Å². The summed E-state index contributed by atoms with van der Waals surface area (Å²) in [6.45, 7) is 0. The summed E-state index contributed by atoms with van der Waals surface area (Å²) in [5, 5.41) is 3.22. The quantitative estimate of drug-likeness (QED) is 0.856. The number of hydrogen-bond acceptors (Lipinski definition) is 3. The molecule has 16 heavy (non-hydrogen) atoms. The van der Waals surface area contributed by atoms with Gasteiger partial charge in [0.25, 0.3) is 0 Å². The number of likely N-dealkylation sites (N-methyl/N-ethyl adjacent to an activating group) is 1. The fourth-order valence-corrected chi connectivity index (χ4v) is 2.52. The number of rotatable bonds is 4. The van der Waals surface area contributed by atoms with Crippen molar-refractivity contribution >= 4 is 22.6 Å². The molecule has 0 radical (unpaired) electrons. The average Bonchev–Trinajstić information content (AvgIpc) is 2.24. The molecule has 1 aliphatic rings. The van der Waals surface area contributed by atoms with E-state index in [0.717, 1.165) is 12.2 Å². The molecule has 0 aliphatic heterocycles. The largest absolute Gasteiger partial charge is 0.488 e. The summed E-state index contributed by atoms with van der Waals surface area (Å²) >= 11 is 2.28. The van der Waals surface area contributed by atoms with Crippen molar-refractivity contribution in [3.05, 3.63) is 27.8 Å². The van der Waals surface area contributed by atoms with E-state index in [2.05, 4.69) is 34.0 Å². The molecule has 0 heterocycles. The van der Waals surface area contributed by atoms with Gasteiger partial charge in [-0.25, -0.2) is 0 Å². The smallest absolute Gasteiger partial charge is 0.128 e. The van der Waals surface area contributed by atoms with Crippen LogP contribution in [-0.4, -0.2) is 32.4 Å². The Morgan fingerprint density at radius 3 is 2.88 bits per heavy atom. The predicted octanol–water partition coefficient (Wildman–Crippen LogP) is 2.05. The second kappa shape index (κ2) is 5.33. The molecule has 1 N–H and O–H groups in total. The molecule has 0 aromatic heterocycles. The van der Waals surface area contributed by atoms with Crippen molar-refractivity contribution < 1.29 is 9.47 Å². The Labute approximate surface area is 110 Å². The number of methoxy groups -OCH3 is 1. The molecular formula is C12H16INO2. The lowest BCUT2D eigenvalue weighted by atomic mass is 9.85. The van der Waals surface area contributed by atoms with Crippen molar-refractivity contribution in [3.8, 4) is 5.75 Å². The summed E-state index contributed by atoms with van der Waals surface area (Å²) in [5.41, 5.74) is 0. The molecule has 1 aromatic rings. The van der Waals surface area contributed by atoms with Crippen LogP contribution < -0.4 is 10.1 Å². The highest BCUT2D eigenvalue weighted by Gasteiger charge is 2.42. The molecule has 3 unspecified atom stereocenters. The second-order valence-electron chi connectivity index (χ2n) is 3.94. The maximum Gasteiger partial charge on any atom is 0.128 e. The number of nitrogens with one attached hydrogen (secondary N) is 1. The summed E-state index contributed by atoms with van der Waals surface area (Å²) < 4.78 is 12.5. The van der Waals surface area contributed by atoms with Crippen LogP contribution in [0, 0.1) is 3.57 Å². The van der Waals surface area contributed by atoms with Crippen molar-refractivity contribution in [2.24, 2.45) is 0 Å². The van der Waals surface area contributed by atoms with Crippen molar-refractivity contribution in [3.63, 3.8) is 0 Å². The van der Waals surface area contributed by atoms with Crippen molar-refractivity contribution in [1.82, 2.24) is 5.32 Å². The van der Waals surface area contributed by atoms with E-state index >= 15 is 0 Å². The molecule has 3 nitrogen and oxygen atoms in total. The molecular weight excluding hydrogens is 317 g/mol. The van der Waals surface area contributed by atoms with Gasteiger partial charge in [0.1, 0.15) is 18.0 Å². The first-order valence-corrected chi connectivity index (χ1v) is 6.44. The Kier molecular flexibility index (Phi) is 4.05. The number of hydrogen-bond donors (Lipinski definition) is 1. The standard InChI is InChI=1S/C12H16INO2/c1-14-10-7-11(12(10)15-2)16-9-5-3-4-8(13)6-9/h3-6,10-12,14H,7H2,1-2H3. The van der Waals surface area contributed by atoms with E-state index in [1.165, 1.54) is 3.57 Å². The number of halogens is 1. The van der Waals surface area contributed by atoms with Crippen LogP contribution in [0.5, 0.6) is 5.75 Å². The van der Waals surface area contributed by atoms with E-state index in [9.17, 15) is 0 Å². The van der Waals surface area contributed by atoms with Crippen LogP contribution in [0.25, 0.3) is 0 Å². The molecule has 1 aliphatic carbocycles. The maximum absolute atomic E-state index is 5.90. The Morgan fingerprint density at radius 1 is 1.44 bits per heavy atom. The van der Waals surface area contributed by atoms with Crippen molar-refractivity contribution in [2.75, 3.05) is 14.2 Å². The molecule has 0 amide bonds. The van der Waals surface area contributed by atoms with Crippen LogP contribution in [0.1, 0.15) is 6.42 Å². The zero-order valence-electron chi connectivity index (χ0n) is 9.44. The zero-order chi connectivity index (χ0) is 11.5. The minimum absolute atomic E-state index is 0.155. The number of benzene rings is 1. The minimum atomic E-state index is 0.155. The molecule has 2 rings (SSSR count). The first-order valence-electron chi connectivity index (χ1n) is 5.37. The lowest BCUT2D eigenvalue weighted by Gasteiger charge is -2.42. The van der Waals surface area contributed by atoms with E-state index < -0.39 is 0 Å². The summed E-state index contributed by atoms with van der Waals surface area (Å²) in [4.78, 5) is 0. The summed E-state index contributed by atoms with van der Waals surface area (Å²) in [5.74, 6) is 0.925. The zero-order valence-corrected chi connectivity index (χ0v) is 11.6. The third-order valence-electron chi connectivity index (χ3n) is 2.98. The molecule has 0 saturated heterocycles. The SMILES string of the molecule is CNC1CC(Oc2cccc(I)c2)C1OC. The molecule has 1 fully saturated rings. The predicted molar refractivity (Wildman–Crippen MR) is 71.8 cm³/mol. The van der Waals surface area contributed by atoms with Gasteiger partial charge in [0.2, 0.25) is 0 Å². The summed E-state index contributed by atoms with van der Waals surface area (Å²) in [6, 6.07) is 8.50. The number of ether oxygens (including phenoxy) is 2. The molecule has 3 atom stereocenters. The van der Waals surface area contributed by atoms with Gasteiger partial charge in [-0.15, -0.1) is 0 Å². The van der Waals surface area contributed by atoms with Crippen molar-refractivity contribution in [1.29, 1.82) is 0 Å². The van der Waals surface area contributed by atoms with E-state index in [1.54, 1.807) is 7.11 Å². The Bertz CT molecular complexity index is 359. The fraction of sp³-hybridized carbons (Fsp3) is 0.500. The Morgan fingerprint density at radius 2 is 2.25 bits per heavy atom. The Hall–Kier alpha value is -0.330. The van der Waals surface area contributed by atoms with Gasteiger partial charge in [0.05, 0.1) is 0 Å². The Balaban J connectivity index is 1.96. The van der Waals surface area contributed by atoms with Crippen LogP contribution in [0.2, 0.25) is 0 Å². The van der Waals surface area contributed by atoms with Gasteiger partial charge in [-0.1, -0.05) is 6.07 Å². The molecule has 1 aromatic carbocycles. The van der Waals surface area contributed by atoms with Crippen molar-refractivity contribution in [2.45, 2.75) is 24.7 Å². The maximum atomic E-state index is 5.90. The molecule has 0 spiro atoms. The van der Waals surface area contributed by atoms with Crippen LogP contribution in [0.3, 0.4) is 0 Å². The van der Waals surface area contributed by atoms with E-state index in [1.807, 2.05) is 25.2 Å². The van der Waals surface area contributed by atoms with Crippen LogP contribution in [-0.2, 0) is 4.74 Å². The van der Waals surface area contributed by atoms with Gasteiger partial charge >= 0.3 is 0 Å². The van der Waals surface area contributed by atoms with Gasteiger partial charge in [-0.2, -0.15) is 0 Å². The van der Waals surface area contributed by atoms with E-state index in [0.29, 0.717) is 6.04 Å². The van der Waals surface area contributed by atoms with Crippen LogP contribution >= 0.6 is 22.6 Å². The molecule has 0 bridgehead atoms. The van der Waals surface area contributed by atoms with Gasteiger partial charge in [-0.05, 0) is 47.8 Å². The topological polar surface area (TPSA) is 30.5 Å². The lowest BCUT2D eigenvalue weighted by Crippen LogP contribution is -2.60. The molecule has 88 valence electrons. The lowest BCUT2D eigenvalue weighted by molar-refractivity contribution is -0.0869. The average molecular weight is 333 g/mol. The van der Waals surface area contributed by atoms with Crippen LogP contribution in [0.15, 0.2) is 24.3 Å². The normalized spacial score (nSPS) is 28.6. The molecule has 4 heteroatoms. The minimum Gasteiger partial charge on any atom is -0.488 e. The van der Waals surface area contributed by atoms with Gasteiger partial charge < -0.3 is 14.8 Å². The van der Waals surface area contributed by atoms with E-state index in [-0.39, 0.29) is 12.2 Å². The fourth-order valence-electron chi connectivity index (χ4n) is 2.01. The molecule has 1 saturated carbocycles. The highest BCUT2D eigenvalue weighted by atomic mass is 127. The first-order chi connectivity index (χ1) is 7.74. The third kappa shape index (κ3) is 2.49. The highest BCUT2D eigenvalue weighted by molar-refractivity contribution is 14.1.